The van der Waals surface area contributed by atoms with Gasteiger partial charge >= 0.3 is 0 Å². The van der Waals surface area contributed by atoms with Gasteiger partial charge in [-0.1, -0.05) is 25.7 Å². The first kappa shape index (κ1) is 12.4. The second-order valence-corrected chi connectivity index (χ2v) is 5.99. The fourth-order valence-corrected chi connectivity index (χ4v) is 3.41. The van der Waals surface area contributed by atoms with E-state index in [4.69, 9.17) is 5.73 Å². The molecule has 2 aliphatic rings. The van der Waals surface area contributed by atoms with E-state index in [1.807, 2.05) is 0 Å². The molecule has 2 rings (SSSR count). The molecule has 0 aromatic carbocycles. The molecule has 2 N–H and O–H groups in total. The van der Waals surface area contributed by atoms with Gasteiger partial charge in [0.15, 0.2) is 0 Å². The second-order valence-electron chi connectivity index (χ2n) is 5.99. The van der Waals surface area contributed by atoms with Gasteiger partial charge in [0, 0.05) is 12.1 Å². The largest absolute Gasteiger partial charge is 0.328 e. The maximum absolute atomic E-state index is 5.95. The minimum absolute atomic E-state index is 0.486. The quantitative estimate of drug-likeness (QED) is 0.795. The summed E-state index contributed by atoms with van der Waals surface area (Å²) in [7, 11) is 2.32. The predicted molar refractivity (Wildman–Crippen MR) is 69.4 cm³/mol. The van der Waals surface area contributed by atoms with Gasteiger partial charge in [-0.2, -0.15) is 0 Å². The smallest absolute Gasteiger partial charge is 0.00933 e. The maximum Gasteiger partial charge on any atom is 0.00933 e. The Hall–Kier alpha value is -0.0800. The topological polar surface area (TPSA) is 29.3 Å². The van der Waals surface area contributed by atoms with Gasteiger partial charge in [0.05, 0.1) is 0 Å². The molecule has 0 amide bonds. The van der Waals surface area contributed by atoms with Crippen LogP contribution in [0.25, 0.3) is 0 Å². The molecule has 2 fully saturated rings. The first-order valence-corrected chi connectivity index (χ1v) is 7.21. The zero-order valence-electron chi connectivity index (χ0n) is 10.8. The van der Waals surface area contributed by atoms with Crippen LogP contribution < -0.4 is 5.73 Å². The van der Waals surface area contributed by atoms with Crippen molar-refractivity contribution in [3.05, 3.63) is 0 Å². The van der Waals surface area contributed by atoms with Gasteiger partial charge in [-0.05, 0) is 51.6 Å². The molecular weight excluding hydrogens is 196 g/mol. The Kier molecular flexibility index (Phi) is 4.66. The van der Waals surface area contributed by atoms with E-state index < -0.39 is 0 Å². The van der Waals surface area contributed by atoms with Gasteiger partial charge in [-0.3, -0.25) is 0 Å². The Morgan fingerprint density at radius 3 is 2.25 bits per heavy atom. The highest BCUT2D eigenvalue weighted by Gasteiger charge is 2.23. The van der Waals surface area contributed by atoms with Crippen LogP contribution in [0.1, 0.15) is 57.8 Å². The normalized spacial score (nSPS) is 32.4. The van der Waals surface area contributed by atoms with E-state index in [0.29, 0.717) is 6.04 Å². The minimum Gasteiger partial charge on any atom is -0.328 e. The number of nitrogens with zero attached hydrogens (tertiary/aromatic N) is 1. The van der Waals surface area contributed by atoms with Crippen molar-refractivity contribution >= 4 is 0 Å². The lowest BCUT2D eigenvalue weighted by Crippen LogP contribution is -2.39. The molecule has 0 bridgehead atoms. The molecule has 0 heterocycles. The van der Waals surface area contributed by atoms with Gasteiger partial charge in [0.2, 0.25) is 0 Å². The molecule has 0 radical (unpaired) electrons. The molecule has 0 unspecified atom stereocenters. The molecule has 2 nitrogen and oxygen atoms in total. The van der Waals surface area contributed by atoms with Crippen LogP contribution in [0.5, 0.6) is 0 Å². The summed E-state index contributed by atoms with van der Waals surface area (Å²) in [5.41, 5.74) is 5.95. The molecule has 94 valence electrons. The van der Waals surface area contributed by atoms with Crippen LogP contribution >= 0.6 is 0 Å². The monoisotopic (exact) mass is 224 g/mol. The van der Waals surface area contributed by atoms with E-state index in [1.54, 1.807) is 0 Å². The van der Waals surface area contributed by atoms with Crippen LogP contribution in [0.3, 0.4) is 0 Å². The van der Waals surface area contributed by atoms with Crippen LogP contribution in [0, 0.1) is 5.92 Å². The summed E-state index contributed by atoms with van der Waals surface area (Å²) in [6.45, 7) is 1.31. The zero-order chi connectivity index (χ0) is 11.4. The third-order valence-electron chi connectivity index (χ3n) is 4.73. The molecule has 2 heteroatoms. The Morgan fingerprint density at radius 2 is 1.62 bits per heavy atom. The van der Waals surface area contributed by atoms with Gasteiger partial charge in [-0.15, -0.1) is 0 Å². The first-order chi connectivity index (χ1) is 7.75. The Morgan fingerprint density at radius 1 is 1.00 bits per heavy atom. The number of hydrogen-bond acceptors (Lipinski definition) is 2. The molecule has 0 atom stereocenters. The first-order valence-electron chi connectivity index (χ1n) is 7.21. The van der Waals surface area contributed by atoms with Crippen molar-refractivity contribution in [2.24, 2.45) is 11.7 Å². The summed E-state index contributed by atoms with van der Waals surface area (Å²) in [4.78, 5) is 2.60. The second kappa shape index (κ2) is 6.02. The molecule has 2 saturated carbocycles. The molecule has 0 aromatic rings. The maximum atomic E-state index is 5.95. The van der Waals surface area contributed by atoms with E-state index in [-0.39, 0.29) is 0 Å². The van der Waals surface area contributed by atoms with Crippen molar-refractivity contribution in [3.8, 4) is 0 Å². The number of nitrogens with two attached hydrogens (primary N) is 1. The molecule has 16 heavy (non-hydrogen) atoms. The predicted octanol–water partition coefficient (Wildman–Crippen LogP) is 2.77. The molecular formula is C14H28N2. The van der Waals surface area contributed by atoms with Crippen molar-refractivity contribution in [2.75, 3.05) is 13.6 Å². The third kappa shape index (κ3) is 3.46. The van der Waals surface area contributed by atoms with Crippen LogP contribution in [-0.2, 0) is 0 Å². The lowest BCUT2D eigenvalue weighted by Gasteiger charge is -2.34. The summed E-state index contributed by atoms with van der Waals surface area (Å²) < 4.78 is 0. The SMILES string of the molecule is CN(CCC1CCCC1)C1CCC(N)CC1. The average molecular weight is 224 g/mol. The van der Waals surface area contributed by atoms with E-state index >= 15 is 0 Å². The van der Waals surface area contributed by atoms with E-state index in [2.05, 4.69) is 11.9 Å². The molecule has 2 aliphatic carbocycles. The minimum atomic E-state index is 0.486. The van der Waals surface area contributed by atoms with E-state index in [9.17, 15) is 0 Å². The molecule has 0 aliphatic heterocycles. The third-order valence-corrected chi connectivity index (χ3v) is 4.73. The zero-order valence-corrected chi connectivity index (χ0v) is 10.8. The molecule has 0 spiro atoms. The van der Waals surface area contributed by atoms with Crippen molar-refractivity contribution in [3.63, 3.8) is 0 Å². The van der Waals surface area contributed by atoms with Crippen molar-refractivity contribution in [1.82, 2.24) is 4.90 Å². The lowest BCUT2D eigenvalue weighted by atomic mass is 9.90. The van der Waals surface area contributed by atoms with Crippen LogP contribution in [0.4, 0.5) is 0 Å². The summed E-state index contributed by atoms with van der Waals surface area (Å²) >= 11 is 0. The van der Waals surface area contributed by atoms with Gasteiger partial charge in [-0.25, -0.2) is 0 Å². The van der Waals surface area contributed by atoms with E-state index in [0.717, 1.165) is 12.0 Å². The van der Waals surface area contributed by atoms with Gasteiger partial charge in [0.1, 0.15) is 0 Å². The Bertz CT molecular complexity index is 191. The van der Waals surface area contributed by atoms with Crippen LogP contribution in [0.15, 0.2) is 0 Å². The Labute approximate surface area is 101 Å². The highest BCUT2D eigenvalue weighted by molar-refractivity contribution is 4.80. The summed E-state index contributed by atoms with van der Waals surface area (Å²) in [6, 6.07) is 1.31. The molecule has 0 saturated heterocycles. The number of rotatable bonds is 4. The lowest BCUT2D eigenvalue weighted by molar-refractivity contribution is 0.173. The number of hydrogen-bond donors (Lipinski definition) is 1. The standard InChI is InChI=1S/C14H28N2/c1-16(11-10-12-4-2-3-5-12)14-8-6-13(15)7-9-14/h12-14H,2-11,15H2,1H3. The summed E-state index contributed by atoms with van der Waals surface area (Å²) in [5, 5.41) is 0. The van der Waals surface area contributed by atoms with Crippen LogP contribution in [-0.4, -0.2) is 30.6 Å². The average Bonchev–Trinajstić information content (AvgIpc) is 2.80. The van der Waals surface area contributed by atoms with Crippen molar-refractivity contribution in [1.29, 1.82) is 0 Å². The highest BCUT2D eigenvalue weighted by atomic mass is 15.1. The summed E-state index contributed by atoms with van der Waals surface area (Å²) in [5.74, 6) is 1.04. The van der Waals surface area contributed by atoms with Gasteiger partial charge < -0.3 is 10.6 Å². The van der Waals surface area contributed by atoms with E-state index in [1.165, 1.54) is 64.3 Å². The van der Waals surface area contributed by atoms with Crippen molar-refractivity contribution < 1.29 is 0 Å². The van der Waals surface area contributed by atoms with Crippen molar-refractivity contribution in [2.45, 2.75) is 69.9 Å². The molecule has 0 aromatic heterocycles. The summed E-state index contributed by atoms with van der Waals surface area (Å²) in [6.07, 6.45) is 12.5. The fraction of sp³-hybridized carbons (Fsp3) is 1.00. The Balaban J connectivity index is 1.64. The fourth-order valence-electron chi connectivity index (χ4n) is 3.41. The van der Waals surface area contributed by atoms with Gasteiger partial charge in [0.25, 0.3) is 0 Å². The van der Waals surface area contributed by atoms with Crippen LogP contribution in [0.2, 0.25) is 0 Å². The highest BCUT2D eigenvalue weighted by Crippen LogP contribution is 2.28.